The maximum Gasteiger partial charge on any atom is 0.270 e. The number of hydrogen-bond acceptors (Lipinski definition) is 3. The van der Waals surface area contributed by atoms with Crippen LogP contribution in [0.1, 0.15) is 34.5 Å². The molecule has 2 aliphatic rings. The highest BCUT2D eigenvalue weighted by Crippen LogP contribution is 2.25. The summed E-state index contributed by atoms with van der Waals surface area (Å²) in [5, 5.41) is 1.10. The second-order valence-corrected chi connectivity index (χ2v) is 7.73. The van der Waals surface area contributed by atoms with Gasteiger partial charge in [-0.15, -0.1) is 0 Å². The number of carbonyl (C=O) groups excluding carboxylic acids is 2. The number of H-pyrrole nitrogens is 1. The molecule has 0 bridgehead atoms. The van der Waals surface area contributed by atoms with Crippen LogP contribution in [0.15, 0.2) is 18.2 Å². The lowest BCUT2D eigenvalue weighted by Gasteiger charge is -2.35. The van der Waals surface area contributed by atoms with E-state index in [0.717, 1.165) is 23.7 Å². The lowest BCUT2D eigenvalue weighted by atomic mass is 9.95. The van der Waals surface area contributed by atoms with Crippen molar-refractivity contribution >= 4 is 22.7 Å². The van der Waals surface area contributed by atoms with Gasteiger partial charge in [-0.2, -0.15) is 0 Å². The van der Waals surface area contributed by atoms with E-state index in [1.165, 1.54) is 11.1 Å². The first-order chi connectivity index (χ1) is 13.0. The molecule has 6 heteroatoms. The highest BCUT2D eigenvalue weighted by molar-refractivity contribution is 5.99. The minimum atomic E-state index is 0.0276. The Morgan fingerprint density at radius 3 is 2.41 bits per heavy atom. The number of fused-ring (bicyclic) bond motifs is 1. The second kappa shape index (κ2) is 7.35. The summed E-state index contributed by atoms with van der Waals surface area (Å²) in [4.78, 5) is 32.6. The van der Waals surface area contributed by atoms with Gasteiger partial charge in [0.05, 0.1) is 13.2 Å². The number of amides is 2. The summed E-state index contributed by atoms with van der Waals surface area (Å²) in [7, 11) is 0. The van der Waals surface area contributed by atoms with Crippen molar-refractivity contribution in [2.45, 2.75) is 26.7 Å². The number of likely N-dealkylation sites (tertiary alicyclic amines) is 1. The van der Waals surface area contributed by atoms with Gasteiger partial charge in [-0.05, 0) is 49.9 Å². The van der Waals surface area contributed by atoms with Crippen LogP contribution in [0.3, 0.4) is 0 Å². The molecule has 2 aliphatic heterocycles. The van der Waals surface area contributed by atoms with Crippen LogP contribution in [-0.2, 0) is 9.53 Å². The Balaban J connectivity index is 1.41. The van der Waals surface area contributed by atoms with Gasteiger partial charge in [-0.1, -0.05) is 6.07 Å². The van der Waals surface area contributed by atoms with Crippen LogP contribution in [-0.4, -0.2) is 66.0 Å². The molecule has 144 valence electrons. The first kappa shape index (κ1) is 18.0. The lowest BCUT2D eigenvalue weighted by molar-refractivity contribution is -0.141. The number of aromatic nitrogens is 1. The molecule has 0 aliphatic carbocycles. The number of rotatable bonds is 2. The number of nitrogens with one attached hydrogen (secondary N) is 1. The molecule has 2 fully saturated rings. The summed E-state index contributed by atoms with van der Waals surface area (Å²) in [5.74, 6) is 0.280. The molecule has 2 aromatic rings. The van der Waals surface area contributed by atoms with Crippen LogP contribution in [0.5, 0.6) is 0 Å². The number of nitrogens with zero attached hydrogens (tertiary/aromatic N) is 2. The predicted octanol–water partition coefficient (Wildman–Crippen LogP) is 2.50. The summed E-state index contributed by atoms with van der Waals surface area (Å²) in [6.45, 7) is 8.02. The quantitative estimate of drug-likeness (QED) is 0.885. The van der Waals surface area contributed by atoms with Crippen LogP contribution in [0.4, 0.5) is 0 Å². The van der Waals surface area contributed by atoms with Crippen molar-refractivity contribution in [2.75, 3.05) is 39.4 Å². The summed E-state index contributed by atoms with van der Waals surface area (Å²) in [6.07, 6.45) is 1.47. The second-order valence-electron chi connectivity index (χ2n) is 7.73. The van der Waals surface area contributed by atoms with Crippen molar-refractivity contribution < 1.29 is 14.3 Å². The molecule has 3 heterocycles. The summed E-state index contributed by atoms with van der Waals surface area (Å²) >= 11 is 0. The SMILES string of the molecule is Cc1cc(C)c2cc(C(=O)N3CCC(C(=O)N4CCOCC4)CC3)[nH]c2c1. The number of morpholine rings is 1. The fourth-order valence-electron chi connectivity index (χ4n) is 4.26. The molecule has 27 heavy (non-hydrogen) atoms. The monoisotopic (exact) mass is 369 g/mol. The highest BCUT2D eigenvalue weighted by Gasteiger charge is 2.31. The standard InChI is InChI=1S/C21H27N3O3/c1-14-11-15(2)17-13-19(22-18(17)12-14)21(26)23-5-3-16(4-6-23)20(25)24-7-9-27-10-8-24/h11-13,16,22H,3-10H2,1-2H3. The molecule has 1 aromatic carbocycles. The lowest BCUT2D eigenvalue weighted by Crippen LogP contribution is -2.47. The Bertz CT molecular complexity index is 859. The van der Waals surface area contributed by atoms with E-state index in [1.807, 2.05) is 15.9 Å². The number of carbonyl (C=O) groups is 2. The topological polar surface area (TPSA) is 65.6 Å². The number of ether oxygens (including phenoxy) is 1. The summed E-state index contributed by atoms with van der Waals surface area (Å²) < 4.78 is 5.33. The molecular formula is C21H27N3O3. The van der Waals surface area contributed by atoms with E-state index in [9.17, 15) is 9.59 Å². The van der Waals surface area contributed by atoms with Gasteiger partial charge in [0.25, 0.3) is 5.91 Å². The van der Waals surface area contributed by atoms with E-state index in [2.05, 4.69) is 31.0 Å². The smallest absolute Gasteiger partial charge is 0.270 e. The largest absolute Gasteiger partial charge is 0.378 e. The molecular weight excluding hydrogens is 342 g/mol. The molecule has 0 spiro atoms. The van der Waals surface area contributed by atoms with Crippen molar-refractivity contribution in [2.24, 2.45) is 5.92 Å². The Kier molecular flexibility index (Phi) is 4.91. The number of aromatic amines is 1. The summed E-state index contributed by atoms with van der Waals surface area (Å²) in [5.41, 5.74) is 4.00. The van der Waals surface area contributed by atoms with Crippen molar-refractivity contribution in [1.82, 2.24) is 14.8 Å². The molecule has 1 N–H and O–H groups in total. The highest BCUT2D eigenvalue weighted by atomic mass is 16.5. The Morgan fingerprint density at radius 2 is 1.70 bits per heavy atom. The van der Waals surface area contributed by atoms with Crippen LogP contribution in [0.25, 0.3) is 10.9 Å². The third-order valence-electron chi connectivity index (χ3n) is 5.77. The first-order valence-corrected chi connectivity index (χ1v) is 9.78. The third kappa shape index (κ3) is 3.58. The van der Waals surface area contributed by atoms with Crippen molar-refractivity contribution in [1.29, 1.82) is 0 Å². The summed E-state index contributed by atoms with van der Waals surface area (Å²) in [6, 6.07) is 6.16. The van der Waals surface area contributed by atoms with Gasteiger partial charge in [0.2, 0.25) is 5.91 Å². The number of hydrogen-bond donors (Lipinski definition) is 1. The molecule has 0 atom stereocenters. The maximum atomic E-state index is 12.9. The van der Waals surface area contributed by atoms with E-state index < -0.39 is 0 Å². The van der Waals surface area contributed by atoms with Crippen molar-refractivity contribution in [3.8, 4) is 0 Å². The van der Waals surface area contributed by atoms with Gasteiger partial charge < -0.3 is 19.5 Å². The van der Waals surface area contributed by atoms with Gasteiger partial charge in [0, 0.05) is 43.0 Å². The molecule has 1 aromatic heterocycles. The van der Waals surface area contributed by atoms with Gasteiger partial charge in [0.1, 0.15) is 5.69 Å². The average molecular weight is 369 g/mol. The molecule has 0 radical (unpaired) electrons. The zero-order chi connectivity index (χ0) is 19.0. The van der Waals surface area contributed by atoms with Gasteiger partial charge in [0.15, 0.2) is 0 Å². The normalized spacial score (nSPS) is 18.9. The fraction of sp³-hybridized carbons (Fsp3) is 0.524. The molecule has 2 amide bonds. The molecule has 2 saturated heterocycles. The van der Waals surface area contributed by atoms with Crippen molar-refractivity contribution in [3.63, 3.8) is 0 Å². The van der Waals surface area contributed by atoms with Gasteiger partial charge in [-0.3, -0.25) is 9.59 Å². The molecule has 0 unspecified atom stereocenters. The zero-order valence-corrected chi connectivity index (χ0v) is 16.1. The predicted molar refractivity (Wildman–Crippen MR) is 104 cm³/mol. The van der Waals surface area contributed by atoms with E-state index in [0.29, 0.717) is 45.1 Å². The van der Waals surface area contributed by atoms with Crippen molar-refractivity contribution in [3.05, 3.63) is 35.0 Å². The third-order valence-corrected chi connectivity index (χ3v) is 5.77. The molecule has 6 nitrogen and oxygen atoms in total. The van der Waals surface area contributed by atoms with Crippen LogP contribution >= 0.6 is 0 Å². The zero-order valence-electron chi connectivity index (χ0n) is 16.1. The Morgan fingerprint density at radius 1 is 1.00 bits per heavy atom. The average Bonchev–Trinajstić information content (AvgIpc) is 3.12. The Labute approximate surface area is 159 Å². The van der Waals surface area contributed by atoms with Gasteiger partial charge >= 0.3 is 0 Å². The number of aryl methyl sites for hydroxylation is 2. The van der Waals surface area contributed by atoms with Gasteiger partial charge in [-0.25, -0.2) is 0 Å². The maximum absolute atomic E-state index is 12.9. The van der Waals surface area contributed by atoms with Crippen LogP contribution in [0.2, 0.25) is 0 Å². The molecule has 0 saturated carbocycles. The van der Waals surface area contributed by atoms with E-state index in [1.54, 1.807) is 0 Å². The van der Waals surface area contributed by atoms with Crippen LogP contribution in [0, 0.1) is 19.8 Å². The fourth-order valence-corrected chi connectivity index (χ4v) is 4.26. The first-order valence-electron chi connectivity index (χ1n) is 9.78. The van der Waals surface area contributed by atoms with E-state index in [4.69, 9.17) is 4.74 Å². The van der Waals surface area contributed by atoms with E-state index in [-0.39, 0.29) is 17.7 Å². The Hall–Kier alpha value is -2.34. The number of benzene rings is 1. The number of piperidine rings is 1. The molecule has 4 rings (SSSR count). The van der Waals surface area contributed by atoms with Crippen LogP contribution < -0.4 is 0 Å². The minimum Gasteiger partial charge on any atom is -0.378 e. The minimum absolute atomic E-state index is 0.0276. The van der Waals surface area contributed by atoms with E-state index >= 15 is 0 Å².